The van der Waals surface area contributed by atoms with Crippen molar-refractivity contribution in [2.45, 2.75) is 57.8 Å². The van der Waals surface area contributed by atoms with Gasteiger partial charge in [0.25, 0.3) is 6.26 Å². The third kappa shape index (κ3) is 10.9. The van der Waals surface area contributed by atoms with Gasteiger partial charge >= 0.3 is 5.97 Å². The molecule has 1 rings (SSSR count). The smallest absolute Gasteiger partial charge is 0.370 e. The molecule has 5 atom stereocenters. The molecule has 1 aliphatic heterocycles. The molecule has 0 radical (unpaired) electrons. The van der Waals surface area contributed by atoms with Gasteiger partial charge in [-0.25, -0.2) is 9.79 Å². The lowest BCUT2D eigenvalue weighted by molar-refractivity contribution is -0.263. The Balaban J connectivity index is 0.00000322. The van der Waals surface area contributed by atoms with Crippen LogP contribution in [-0.2, 0) is 24.0 Å². The van der Waals surface area contributed by atoms with Gasteiger partial charge in [0.05, 0.1) is 18.8 Å². The van der Waals surface area contributed by atoms with E-state index in [2.05, 4.69) is 11.6 Å². The first-order valence-corrected chi connectivity index (χ1v) is 10.5. The fourth-order valence-electron chi connectivity index (χ4n) is 3.38. The third-order valence-corrected chi connectivity index (χ3v) is 4.94. The summed E-state index contributed by atoms with van der Waals surface area (Å²) in [5.74, 6) is -1.71. The van der Waals surface area contributed by atoms with Crippen LogP contribution in [0, 0.1) is 23.4 Å². The maximum absolute atomic E-state index is 11.5. The molecule has 188 valence electrons. The van der Waals surface area contributed by atoms with Crippen molar-refractivity contribution in [3.05, 3.63) is 24.2 Å². The van der Waals surface area contributed by atoms with E-state index in [0.717, 1.165) is 12.7 Å². The molecular formula is C21H36N4O8. The summed E-state index contributed by atoms with van der Waals surface area (Å²) in [6, 6.07) is -0.583. The number of carboxylic acids is 1. The lowest BCUT2D eigenvalue weighted by Crippen LogP contribution is -2.48. The van der Waals surface area contributed by atoms with Gasteiger partial charge in [-0.3, -0.25) is 0 Å². The van der Waals surface area contributed by atoms with Crippen LogP contribution in [-0.4, -0.2) is 65.8 Å². The lowest BCUT2D eigenvalue weighted by Gasteiger charge is -2.39. The zero-order chi connectivity index (χ0) is 25.4. The van der Waals surface area contributed by atoms with E-state index in [-0.39, 0.29) is 30.2 Å². The molecule has 0 saturated carbocycles. The zero-order valence-electron chi connectivity index (χ0n) is 19.3. The predicted molar refractivity (Wildman–Crippen MR) is 119 cm³/mol. The Morgan fingerprint density at radius 3 is 2.58 bits per heavy atom. The second kappa shape index (κ2) is 16.6. The molecule has 0 aromatic rings. The molecule has 0 aliphatic carbocycles. The van der Waals surface area contributed by atoms with Crippen LogP contribution >= 0.6 is 0 Å². The van der Waals surface area contributed by atoms with E-state index < -0.39 is 24.2 Å². The number of nitrogens with zero attached hydrogens (tertiary/aromatic N) is 2. The Morgan fingerprint density at radius 2 is 2.09 bits per heavy atom. The second-order valence-corrected chi connectivity index (χ2v) is 7.40. The van der Waals surface area contributed by atoms with Crippen molar-refractivity contribution in [1.29, 1.82) is 5.26 Å². The zero-order valence-corrected chi connectivity index (χ0v) is 19.3. The molecule has 0 aromatic heterocycles. The summed E-state index contributed by atoms with van der Waals surface area (Å²) >= 11 is 0. The van der Waals surface area contributed by atoms with Crippen LogP contribution in [0.1, 0.15) is 39.5 Å². The lowest BCUT2D eigenvalue weighted by atomic mass is 9.83. The first-order valence-electron chi connectivity index (χ1n) is 10.5. The number of methoxy groups -OCH3 is 1. The van der Waals surface area contributed by atoms with Gasteiger partial charge in [-0.2, -0.15) is 10.1 Å². The molecule has 0 spiro atoms. The van der Waals surface area contributed by atoms with Crippen molar-refractivity contribution >= 4 is 11.9 Å². The van der Waals surface area contributed by atoms with E-state index in [9.17, 15) is 15.0 Å². The number of rotatable bonds is 14. The number of guanidine groups is 1. The standard InChI is InChI=1S/C20H35N3O7.CHNO/c1-5-9-28-30-12(2)7-6-8-14(11-24)18(27-4)17-13(3)15(23-20(21)22)10-16(29-17)19(25)26;2-1-3/h10,13-15,17-18,24H,2,5-9,11H2,1,3-4H3,(H,25,26)(H4,21,22,23);3H/t13-,14-,15+,17-,18-;/m1./s1. The maximum atomic E-state index is 11.5. The average molecular weight is 473 g/mol. The topological polar surface area (TPSA) is 203 Å². The van der Waals surface area contributed by atoms with Gasteiger partial charge in [0, 0.05) is 32.0 Å². The summed E-state index contributed by atoms with van der Waals surface area (Å²) in [4.78, 5) is 25.7. The van der Waals surface area contributed by atoms with Crippen LogP contribution in [0.4, 0.5) is 0 Å². The van der Waals surface area contributed by atoms with Crippen LogP contribution < -0.4 is 11.5 Å². The molecule has 1 heterocycles. The molecule has 0 amide bonds. The summed E-state index contributed by atoms with van der Waals surface area (Å²) < 4.78 is 11.4. The van der Waals surface area contributed by atoms with Crippen LogP contribution in [0.15, 0.2) is 29.2 Å². The third-order valence-electron chi connectivity index (χ3n) is 4.94. The molecule has 0 fully saturated rings. The molecular weight excluding hydrogens is 436 g/mol. The van der Waals surface area contributed by atoms with E-state index in [1.807, 2.05) is 13.8 Å². The molecule has 0 unspecified atom stereocenters. The van der Waals surface area contributed by atoms with Crippen molar-refractivity contribution in [3.63, 3.8) is 0 Å². The number of carboxylic acid groups (broad SMARTS) is 1. The van der Waals surface area contributed by atoms with Crippen molar-refractivity contribution in [1.82, 2.24) is 0 Å². The van der Waals surface area contributed by atoms with Crippen LogP contribution in [0.5, 0.6) is 0 Å². The SMILES string of the molecule is C=C(CCC[C@H](CO)[C@@H](OC)[C@@H]1OC(C(=O)O)=C[C@H](N=C(N)N)[C@H]1C)OOCCC.N#CO. The van der Waals surface area contributed by atoms with E-state index in [1.54, 1.807) is 0 Å². The highest BCUT2D eigenvalue weighted by Gasteiger charge is 2.41. The van der Waals surface area contributed by atoms with Crippen molar-refractivity contribution < 1.29 is 39.4 Å². The van der Waals surface area contributed by atoms with Crippen LogP contribution in [0.2, 0.25) is 0 Å². The fraction of sp³-hybridized carbons (Fsp3) is 0.667. The van der Waals surface area contributed by atoms with Gasteiger partial charge < -0.3 is 41.1 Å². The highest BCUT2D eigenvalue weighted by molar-refractivity contribution is 5.85. The van der Waals surface area contributed by atoms with E-state index in [0.29, 0.717) is 31.6 Å². The Morgan fingerprint density at radius 1 is 1.45 bits per heavy atom. The molecule has 0 bridgehead atoms. The van der Waals surface area contributed by atoms with Crippen LogP contribution in [0.3, 0.4) is 0 Å². The summed E-state index contributed by atoms with van der Waals surface area (Å²) in [6.45, 7) is 7.94. The first kappa shape index (κ1) is 30.0. The van der Waals surface area contributed by atoms with Crippen molar-refractivity contribution in [2.24, 2.45) is 28.3 Å². The molecule has 0 aromatic carbocycles. The number of hydrogen-bond donors (Lipinski definition) is 5. The number of ether oxygens (including phenoxy) is 2. The number of aliphatic hydroxyl groups excluding tert-OH is 2. The normalized spacial score (nSPS) is 21.1. The molecule has 12 nitrogen and oxygen atoms in total. The molecule has 0 saturated heterocycles. The van der Waals surface area contributed by atoms with Crippen LogP contribution in [0.25, 0.3) is 0 Å². The summed E-state index contributed by atoms with van der Waals surface area (Å²) in [7, 11) is 1.50. The minimum atomic E-state index is -1.22. The molecule has 1 aliphatic rings. The second-order valence-electron chi connectivity index (χ2n) is 7.40. The summed E-state index contributed by atoms with van der Waals surface area (Å²) in [5, 5.41) is 33.1. The Hall–Kier alpha value is -3.01. The quantitative estimate of drug-likeness (QED) is 0.0461. The Labute approximate surface area is 194 Å². The monoisotopic (exact) mass is 472 g/mol. The van der Waals surface area contributed by atoms with Crippen molar-refractivity contribution in [2.75, 3.05) is 20.3 Å². The number of carbonyl (C=O) groups is 1. The Kier molecular flexibility index (Phi) is 15.1. The number of nitriles is 1. The minimum Gasteiger partial charge on any atom is -0.480 e. The van der Waals surface area contributed by atoms with Gasteiger partial charge in [-0.15, -0.1) is 0 Å². The Bertz CT molecular complexity index is 703. The first-order chi connectivity index (χ1) is 15.7. The van der Waals surface area contributed by atoms with E-state index in [4.69, 9.17) is 41.1 Å². The van der Waals surface area contributed by atoms with E-state index in [1.165, 1.54) is 13.2 Å². The van der Waals surface area contributed by atoms with Gasteiger partial charge in [-0.1, -0.05) is 20.4 Å². The highest BCUT2D eigenvalue weighted by Crippen LogP contribution is 2.33. The summed E-state index contributed by atoms with van der Waals surface area (Å²) in [6.07, 6.45) is 3.52. The molecule has 7 N–H and O–H groups in total. The number of aliphatic imine (C=N–C) groups is 1. The minimum absolute atomic E-state index is 0.148. The number of allylic oxidation sites excluding steroid dienone is 1. The van der Waals surface area contributed by atoms with Gasteiger partial charge in [0.2, 0.25) is 5.76 Å². The summed E-state index contributed by atoms with van der Waals surface area (Å²) in [5.41, 5.74) is 11.0. The predicted octanol–water partition coefficient (Wildman–Crippen LogP) is 1.14. The number of aliphatic carboxylic acids is 1. The maximum Gasteiger partial charge on any atom is 0.370 e. The molecule has 33 heavy (non-hydrogen) atoms. The van der Waals surface area contributed by atoms with Gasteiger partial charge in [0.1, 0.15) is 11.9 Å². The number of hydrogen-bond acceptors (Lipinski definition) is 9. The number of nitrogens with two attached hydrogens (primary N) is 2. The number of aliphatic hydroxyl groups is 2. The highest BCUT2D eigenvalue weighted by atomic mass is 17.2. The largest absolute Gasteiger partial charge is 0.480 e. The average Bonchev–Trinajstić information content (AvgIpc) is 2.75. The van der Waals surface area contributed by atoms with Crippen molar-refractivity contribution in [3.8, 4) is 6.26 Å². The fourth-order valence-corrected chi connectivity index (χ4v) is 3.38. The van der Waals surface area contributed by atoms with Gasteiger partial charge in [-0.05, 0) is 25.3 Å². The molecule has 12 heteroatoms. The van der Waals surface area contributed by atoms with E-state index >= 15 is 0 Å². The van der Waals surface area contributed by atoms with Gasteiger partial charge in [0.15, 0.2) is 5.96 Å².